The van der Waals surface area contributed by atoms with Gasteiger partial charge < -0.3 is 24.5 Å². The monoisotopic (exact) mass is 291 g/mol. The Morgan fingerprint density at radius 3 is 2.67 bits per heavy atom. The third-order valence-electron chi connectivity index (χ3n) is 2.96. The van der Waals surface area contributed by atoms with E-state index in [0.29, 0.717) is 23.9 Å². The van der Waals surface area contributed by atoms with Gasteiger partial charge in [-0.05, 0) is 12.1 Å². The lowest BCUT2D eigenvalue weighted by atomic mass is 10.2. The minimum absolute atomic E-state index is 0.143. The molecule has 1 aromatic carbocycles. The largest absolute Gasteiger partial charge is 0.497 e. The van der Waals surface area contributed by atoms with Crippen LogP contribution in [0.2, 0.25) is 0 Å². The predicted octanol–water partition coefficient (Wildman–Crippen LogP) is 1.41. The van der Waals surface area contributed by atoms with E-state index in [1.54, 1.807) is 20.3 Å². The van der Waals surface area contributed by atoms with Gasteiger partial charge in [0.25, 0.3) is 5.56 Å². The van der Waals surface area contributed by atoms with Gasteiger partial charge in [-0.3, -0.25) is 4.79 Å². The van der Waals surface area contributed by atoms with E-state index in [4.69, 9.17) is 14.2 Å². The standard InChI is InChI=1S/C14H17N3O4/c1-19-10-5-4-9(11(6-10)20-2)7-15-13-12(21-3)14(18)17-8-16-13/h4-6,8H,7H2,1-3H3,(H2,15,16,17,18). The molecule has 0 saturated heterocycles. The second kappa shape index (κ2) is 6.65. The average Bonchev–Trinajstić information content (AvgIpc) is 2.52. The first-order valence-electron chi connectivity index (χ1n) is 6.26. The molecule has 0 amide bonds. The number of benzene rings is 1. The van der Waals surface area contributed by atoms with Crippen molar-refractivity contribution in [2.24, 2.45) is 0 Å². The maximum Gasteiger partial charge on any atom is 0.295 e. The fourth-order valence-corrected chi connectivity index (χ4v) is 1.88. The molecule has 0 atom stereocenters. The van der Waals surface area contributed by atoms with Crippen LogP contribution in [0.1, 0.15) is 5.56 Å². The summed E-state index contributed by atoms with van der Waals surface area (Å²) in [7, 11) is 4.60. The van der Waals surface area contributed by atoms with Gasteiger partial charge in [-0.1, -0.05) is 0 Å². The molecular weight excluding hydrogens is 274 g/mol. The highest BCUT2D eigenvalue weighted by molar-refractivity contribution is 5.50. The molecular formula is C14H17N3O4. The van der Waals surface area contributed by atoms with Crippen molar-refractivity contribution in [1.29, 1.82) is 0 Å². The van der Waals surface area contributed by atoms with Crippen molar-refractivity contribution < 1.29 is 14.2 Å². The molecule has 2 rings (SSSR count). The number of H-pyrrole nitrogens is 1. The van der Waals surface area contributed by atoms with Crippen LogP contribution >= 0.6 is 0 Å². The molecule has 21 heavy (non-hydrogen) atoms. The lowest BCUT2D eigenvalue weighted by molar-refractivity contribution is 0.391. The minimum atomic E-state index is -0.336. The quantitative estimate of drug-likeness (QED) is 0.837. The van der Waals surface area contributed by atoms with Gasteiger partial charge in [-0.25, -0.2) is 4.98 Å². The van der Waals surface area contributed by atoms with E-state index < -0.39 is 0 Å². The van der Waals surface area contributed by atoms with Crippen molar-refractivity contribution in [3.63, 3.8) is 0 Å². The number of nitrogens with one attached hydrogen (secondary N) is 2. The molecule has 2 N–H and O–H groups in total. The van der Waals surface area contributed by atoms with Crippen LogP contribution in [0.25, 0.3) is 0 Å². The summed E-state index contributed by atoms with van der Waals surface area (Å²) in [4.78, 5) is 18.1. The zero-order valence-corrected chi connectivity index (χ0v) is 12.1. The number of rotatable bonds is 6. The van der Waals surface area contributed by atoms with Crippen molar-refractivity contribution in [3.8, 4) is 17.2 Å². The number of methoxy groups -OCH3 is 3. The topological polar surface area (TPSA) is 85.5 Å². The Kier molecular flexibility index (Phi) is 4.65. The molecule has 2 aromatic rings. The summed E-state index contributed by atoms with van der Waals surface area (Å²) in [6.07, 6.45) is 1.32. The Balaban J connectivity index is 2.20. The Labute approximate surface area is 121 Å². The van der Waals surface area contributed by atoms with E-state index in [1.807, 2.05) is 12.1 Å². The van der Waals surface area contributed by atoms with Crippen LogP contribution in [-0.2, 0) is 6.54 Å². The maximum atomic E-state index is 11.6. The zero-order valence-electron chi connectivity index (χ0n) is 12.1. The van der Waals surface area contributed by atoms with Gasteiger partial charge in [-0.15, -0.1) is 0 Å². The lowest BCUT2D eigenvalue weighted by Gasteiger charge is -2.12. The molecule has 0 bridgehead atoms. The predicted molar refractivity (Wildman–Crippen MR) is 78.3 cm³/mol. The second-order valence-electron chi connectivity index (χ2n) is 4.14. The molecule has 0 radical (unpaired) electrons. The van der Waals surface area contributed by atoms with Gasteiger partial charge in [0.2, 0.25) is 5.75 Å². The summed E-state index contributed by atoms with van der Waals surface area (Å²) in [5.41, 5.74) is 0.569. The first-order valence-corrected chi connectivity index (χ1v) is 6.26. The number of anilines is 1. The average molecular weight is 291 g/mol. The van der Waals surface area contributed by atoms with Crippen LogP contribution in [0.5, 0.6) is 17.2 Å². The molecule has 0 aliphatic rings. The highest BCUT2D eigenvalue weighted by Gasteiger charge is 2.10. The van der Waals surface area contributed by atoms with Crippen LogP contribution in [-0.4, -0.2) is 31.3 Å². The number of hydrogen-bond donors (Lipinski definition) is 2. The van der Waals surface area contributed by atoms with E-state index in [-0.39, 0.29) is 11.3 Å². The van der Waals surface area contributed by atoms with Crippen molar-refractivity contribution in [3.05, 3.63) is 40.4 Å². The number of hydrogen-bond acceptors (Lipinski definition) is 6. The van der Waals surface area contributed by atoms with Crippen molar-refractivity contribution in [1.82, 2.24) is 9.97 Å². The van der Waals surface area contributed by atoms with E-state index in [2.05, 4.69) is 15.3 Å². The third-order valence-corrected chi connectivity index (χ3v) is 2.96. The van der Waals surface area contributed by atoms with E-state index in [1.165, 1.54) is 13.4 Å². The van der Waals surface area contributed by atoms with Crippen LogP contribution < -0.4 is 25.1 Å². The molecule has 0 aliphatic heterocycles. The van der Waals surface area contributed by atoms with Crippen LogP contribution in [0.4, 0.5) is 5.82 Å². The molecule has 0 fully saturated rings. The van der Waals surface area contributed by atoms with Gasteiger partial charge in [0.1, 0.15) is 11.5 Å². The van der Waals surface area contributed by atoms with E-state index >= 15 is 0 Å². The van der Waals surface area contributed by atoms with Gasteiger partial charge >= 0.3 is 0 Å². The minimum Gasteiger partial charge on any atom is -0.497 e. The first kappa shape index (κ1) is 14.7. The molecule has 0 spiro atoms. The molecule has 112 valence electrons. The summed E-state index contributed by atoms with van der Waals surface area (Å²) < 4.78 is 15.5. The van der Waals surface area contributed by atoms with Crippen LogP contribution in [0.3, 0.4) is 0 Å². The first-order chi connectivity index (χ1) is 10.2. The van der Waals surface area contributed by atoms with Crippen LogP contribution in [0.15, 0.2) is 29.3 Å². The normalized spacial score (nSPS) is 10.0. The molecule has 1 aromatic heterocycles. The van der Waals surface area contributed by atoms with Gasteiger partial charge in [0.15, 0.2) is 5.82 Å². The highest BCUT2D eigenvalue weighted by atomic mass is 16.5. The van der Waals surface area contributed by atoms with Crippen molar-refractivity contribution in [2.75, 3.05) is 26.6 Å². The SMILES string of the molecule is COc1ccc(CNc2nc[nH]c(=O)c2OC)c(OC)c1. The molecule has 1 heterocycles. The summed E-state index contributed by atoms with van der Waals surface area (Å²) in [5, 5.41) is 3.06. The van der Waals surface area contributed by atoms with Crippen LogP contribution in [0, 0.1) is 0 Å². The Bertz CT molecular complexity index is 670. The number of aromatic nitrogens is 2. The van der Waals surface area contributed by atoms with E-state index in [9.17, 15) is 4.79 Å². The van der Waals surface area contributed by atoms with Gasteiger partial charge in [0.05, 0.1) is 27.7 Å². The highest BCUT2D eigenvalue weighted by Crippen LogP contribution is 2.25. The smallest absolute Gasteiger partial charge is 0.295 e. The Morgan fingerprint density at radius 1 is 1.19 bits per heavy atom. The summed E-state index contributed by atoms with van der Waals surface area (Å²) in [6.45, 7) is 0.431. The molecule has 0 unspecified atom stereocenters. The lowest BCUT2D eigenvalue weighted by Crippen LogP contribution is -2.14. The second-order valence-corrected chi connectivity index (χ2v) is 4.14. The Hall–Kier alpha value is -2.70. The molecule has 7 heteroatoms. The van der Waals surface area contributed by atoms with Gasteiger partial charge in [-0.2, -0.15) is 0 Å². The zero-order chi connectivity index (χ0) is 15.2. The van der Waals surface area contributed by atoms with E-state index in [0.717, 1.165) is 5.56 Å². The van der Waals surface area contributed by atoms with Gasteiger partial charge in [0, 0.05) is 18.2 Å². The number of nitrogens with zero attached hydrogens (tertiary/aromatic N) is 1. The molecule has 0 aliphatic carbocycles. The fraction of sp³-hybridized carbons (Fsp3) is 0.286. The third kappa shape index (κ3) is 3.25. The van der Waals surface area contributed by atoms with Crippen molar-refractivity contribution in [2.45, 2.75) is 6.54 Å². The fourth-order valence-electron chi connectivity index (χ4n) is 1.88. The number of aromatic amines is 1. The molecule has 7 nitrogen and oxygen atoms in total. The molecule has 0 saturated carbocycles. The Morgan fingerprint density at radius 2 is 2.00 bits per heavy atom. The summed E-state index contributed by atoms with van der Waals surface area (Å²) in [6, 6.07) is 5.51. The summed E-state index contributed by atoms with van der Waals surface area (Å²) >= 11 is 0. The summed E-state index contributed by atoms with van der Waals surface area (Å²) in [5.74, 6) is 1.91. The maximum absolute atomic E-state index is 11.6. The van der Waals surface area contributed by atoms with Crippen molar-refractivity contribution >= 4 is 5.82 Å². The number of ether oxygens (including phenoxy) is 3.